The van der Waals surface area contributed by atoms with Crippen molar-refractivity contribution in [2.75, 3.05) is 109 Å². The molecule has 0 saturated carbocycles. The van der Waals surface area contributed by atoms with Crippen LogP contribution in [0.4, 0.5) is 41.0 Å². The van der Waals surface area contributed by atoms with E-state index in [-0.39, 0.29) is 73.2 Å². The molecule has 5 aliphatic heterocycles. The standard InChI is InChI=1S/C22H30N2O3.C21H31N3O3.C14H23NO4.C13H21NO4.C10H17NO3.C9H11N.C8H17O5P/c1-15(16-10-12-24(13-11-16)21(26)27-22(2,3)4)20(25)23-19-9-8-17-6-5-7-18(17)14-19;1-21(2,3)27-20(26)24-11-9-15(10-12-24)18(22)19(25)23-17-8-7-14-5-4-6-16(14)13-17;1-10(12(16)18-5)11-6-8-15(9-7-11)13(17)19-14(2,3)4;1-9(11(15)16)10-5-7-14(8-6-10)12(17)18-13(2,3)4;1-10(2,3)14-9(13)11-6-4-8(12)5-7-11;10-9-5-4-7-2-1-3-8(7)6-9;1-5-12-14(10,13-6-2)7(3)8(9)11-4/h8-9,14H,5-7,10-13H2,1-4H3,(H,23,25);7-8,13,15,18H,4-6,9-12,22H2,1-3H3,(H,23,25);6-9H2,1-5H3;5-8H2,1-4H3,(H,15,16);4-7H2,1-3H3;4-6H,1-3,10H2;7H,5-6H2,1-4H3. The number of nitrogens with zero attached hydrogens (tertiary/aromatic N) is 5. The summed E-state index contributed by atoms with van der Waals surface area (Å²) < 4.78 is 57.7. The Bertz CT molecular complexity index is 4440. The van der Waals surface area contributed by atoms with Crippen molar-refractivity contribution in [2.24, 2.45) is 11.7 Å². The van der Waals surface area contributed by atoms with Crippen molar-refractivity contribution in [1.82, 2.24) is 24.5 Å². The molecule has 32 heteroatoms. The number of fused-ring (bicyclic) bond motifs is 3. The first-order valence-corrected chi connectivity index (χ1v) is 47.0. The number of carboxylic acid groups (broad SMARTS) is 1. The van der Waals surface area contributed by atoms with Gasteiger partial charge in [0, 0.05) is 112 Å². The Morgan fingerprint density at radius 2 is 0.744 bits per heavy atom. The number of rotatable bonds is 13. The molecule has 5 saturated heterocycles. The van der Waals surface area contributed by atoms with E-state index in [4.69, 9.17) is 54.0 Å². The van der Waals surface area contributed by atoms with Gasteiger partial charge in [-0.15, -0.1) is 0 Å². The molecule has 7 amide bonds. The summed E-state index contributed by atoms with van der Waals surface area (Å²) in [6, 6.07) is 18.0. The molecule has 720 valence electrons. The second-order valence-corrected chi connectivity index (χ2v) is 40.7. The number of hydrogen-bond donors (Lipinski definition) is 5. The van der Waals surface area contributed by atoms with Gasteiger partial charge in [-0.1, -0.05) is 34.9 Å². The summed E-state index contributed by atoms with van der Waals surface area (Å²) in [5.74, 6) is -1.66. The number of ether oxygens (including phenoxy) is 7. The number of aryl methyl sites for hydroxylation is 6. The van der Waals surface area contributed by atoms with Crippen LogP contribution < -0.4 is 22.1 Å². The predicted octanol–water partition coefficient (Wildman–Crippen LogP) is 17.6. The highest BCUT2D eigenvalue weighted by Gasteiger charge is 2.39. The van der Waals surface area contributed by atoms with Crippen molar-refractivity contribution in [1.29, 1.82) is 0 Å². The van der Waals surface area contributed by atoms with Gasteiger partial charge in [0.2, 0.25) is 5.91 Å². The van der Waals surface area contributed by atoms with Crippen LogP contribution in [0.25, 0.3) is 0 Å². The maximum absolute atomic E-state index is 12.6. The Morgan fingerprint density at radius 1 is 0.434 bits per heavy atom. The van der Waals surface area contributed by atoms with Gasteiger partial charge in [-0.2, -0.15) is 0 Å². The number of benzene rings is 3. The van der Waals surface area contributed by atoms with Crippen molar-refractivity contribution in [2.45, 2.75) is 307 Å². The molecule has 129 heavy (non-hydrogen) atoms. The first kappa shape index (κ1) is 110. The van der Waals surface area contributed by atoms with Crippen LogP contribution in [-0.2, 0) is 114 Å². The first-order valence-electron chi connectivity index (χ1n) is 45.4. The Morgan fingerprint density at radius 3 is 1.08 bits per heavy atom. The summed E-state index contributed by atoms with van der Waals surface area (Å²) in [5.41, 5.74) is 24.5. The van der Waals surface area contributed by atoms with Gasteiger partial charge in [-0.3, -0.25) is 23.7 Å². The highest BCUT2D eigenvalue weighted by atomic mass is 31.2. The molecular weight excluding hydrogens is 1670 g/mol. The molecule has 3 aromatic rings. The quantitative estimate of drug-likeness (QED) is 0.0349. The van der Waals surface area contributed by atoms with E-state index in [1.165, 1.54) is 86.6 Å². The number of esters is 2. The summed E-state index contributed by atoms with van der Waals surface area (Å²) >= 11 is 0. The van der Waals surface area contributed by atoms with Gasteiger partial charge in [0.05, 0.1) is 33.5 Å². The van der Waals surface area contributed by atoms with Gasteiger partial charge in [0.1, 0.15) is 33.8 Å². The number of Topliss-reactive ketones (excluding diaryl/α,β-unsaturated/α-hetero) is 1. The second kappa shape index (κ2) is 50.5. The molecule has 2 atom stereocenters. The minimum Gasteiger partial charge on any atom is -0.478 e. The van der Waals surface area contributed by atoms with E-state index in [0.717, 1.165) is 65.0 Å². The number of nitrogens with two attached hydrogens (primary N) is 2. The number of amides is 7. The summed E-state index contributed by atoms with van der Waals surface area (Å²) in [7, 11) is -0.743. The fourth-order valence-electron chi connectivity index (χ4n) is 15.1. The molecule has 8 aliphatic rings. The summed E-state index contributed by atoms with van der Waals surface area (Å²) in [6.07, 6.45) is 15.4. The van der Waals surface area contributed by atoms with Crippen LogP contribution in [0.5, 0.6) is 0 Å². The normalized spacial score (nSPS) is 16.7. The number of ketones is 1. The lowest BCUT2D eigenvalue weighted by atomic mass is 9.89. The van der Waals surface area contributed by atoms with Crippen molar-refractivity contribution in [3.05, 3.63) is 121 Å². The molecule has 7 N–H and O–H groups in total. The molecule has 0 radical (unpaired) electrons. The number of nitrogens with one attached hydrogen (secondary N) is 2. The third-order valence-corrected chi connectivity index (χ3v) is 24.7. The molecule has 0 spiro atoms. The van der Waals surface area contributed by atoms with Gasteiger partial charge in [0.25, 0.3) is 5.91 Å². The van der Waals surface area contributed by atoms with Crippen molar-refractivity contribution >= 4 is 90.6 Å². The van der Waals surface area contributed by atoms with Gasteiger partial charge < -0.3 is 93.9 Å². The largest absolute Gasteiger partial charge is 0.478 e. The monoisotopic (exact) mass is 1820 g/mol. The smallest absolute Gasteiger partial charge is 0.410 e. The zero-order chi connectivity index (χ0) is 96.7. The number of likely N-dealkylation sites (tertiary alicyclic amines) is 5. The third-order valence-electron chi connectivity index (χ3n) is 22.3. The Labute approximate surface area is 765 Å². The van der Waals surface area contributed by atoms with Crippen LogP contribution in [-0.4, -0.2) is 228 Å². The van der Waals surface area contributed by atoms with Crippen LogP contribution in [0.15, 0.2) is 88.0 Å². The SMILES string of the molecule is CC(C(=O)Nc1ccc2c(c1)CCC2)=C1CCN(C(=O)OC(C)(C)C)CC1.CC(C(=O)O)=C1CCN(C(=O)OC(C)(C)C)CC1.CC(C)(C)OC(=O)N1CCC(=O)CC1.CC(C)(C)OC(=O)N1CCC(C(N)C(=O)Nc2ccc3c(c2)CCC3)CC1.CCOP(=O)(OCC)C(C)C(=O)OC.COC(=O)C(C)=C1CCN(C(=O)OC(C)(C)C)CC1.Nc1ccc2c(c1)CCC2. The van der Waals surface area contributed by atoms with Crippen molar-refractivity contribution in [3.8, 4) is 0 Å². The predicted molar refractivity (Wildman–Crippen MR) is 499 cm³/mol. The number of piperidine rings is 5. The summed E-state index contributed by atoms with van der Waals surface area (Å²) in [5, 5.41) is 14.9. The van der Waals surface area contributed by atoms with Gasteiger partial charge in [-0.25, -0.2) is 33.6 Å². The van der Waals surface area contributed by atoms with Gasteiger partial charge in [0.15, 0.2) is 5.66 Å². The Balaban J connectivity index is 0.000000273. The lowest BCUT2D eigenvalue weighted by Crippen LogP contribution is -2.48. The van der Waals surface area contributed by atoms with E-state index < -0.39 is 59.2 Å². The number of aliphatic carboxylic acids is 1. The summed E-state index contributed by atoms with van der Waals surface area (Å²) in [6.45, 7) is 43.8. The maximum atomic E-state index is 12.6. The van der Waals surface area contributed by atoms with Crippen LogP contribution in [0, 0.1) is 5.92 Å². The highest BCUT2D eigenvalue weighted by molar-refractivity contribution is 7.55. The number of carbonyl (C=O) groups excluding carboxylic acids is 10. The molecule has 3 aromatic carbocycles. The molecule has 5 heterocycles. The number of carboxylic acids is 1. The molecule has 31 nitrogen and oxygen atoms in total. The van der Waals surface area contributed by atoms with E-state index in [2.05, 4.69) is 51.8 Å². The van der Waals surface area contributed by atoms with E-state index in [0.29, 0.717) is 141 Å². The van der Waals surface area contributed by atoms with Crippen molar-refractivity contribution < 1.29 is 105 Å². The molecule has 0 aromatic heterocycles. The second-order valence-electron chi connectivity index (χ2n) is 38.3. The lowest BCUT2D eigenvalue weighted by molar-refractivity contribution is -0.140. The fraction of sp³-hybridized carbons (Fsp3) is 0.639. The first-order chi connectivity index (χ1) is 60.2. The number of anilines is 3. The topological polar surface area (TPSA) is 400 Å². The molecule has 2 unspecified atom stereocenters. The average molecular weight is 1830 g/mol. The lowest BCUT2D eigenvalue weighted by Gasteiger charge is -2.35. The van der Waals surface area contributed by atoms with Crippen LogP contribution in [0.3, 0.4) is 0 Å². The average Bonchev–Trinajstić information content (AvgIpc) is 1.39. The molecule has 0 bridgehead atoms. The zero-order valence-corrected chi connectivity index (χ0v) is 82.1. The number of methoxy groups -OCH3 is 2. The molecule has 11 rings (SSSR count). The number of nitrogen functional groups attached to an aromatic ring is 1. The van der Waals surface area contributed by atoms with Gasteiger partial charge >= 0.3 is 56.0 Å². The fourth-order valence-corrected chi connectivity index (χ4v) is 16.7. The maximum Gasteiger partial charge on any atom is 0.410 e. The van der Waals surface area contributed by atoms with E-state index in [1.54, 1.807) is 52.2 Å². The molecule has 3 aliphatic carbocycles. The van der Waals surface area contributed by atoms with E-state index in [1.807, 2.05) is 129 Å². The Hall–Kier alpha value is -9.84. The summed E-state index contributed by atoms with van der Waals surface area (Å²) in [4.78, 5) is 137. The highest BCUT2D eigenvalue weighted by Crippen LogP contribution is 2.53. The van der Waals surface area contributed by atoms with E-state index >= 15 is 0 Å². The minimum atomic E-state index is -3.36. The minimum absolute atomic E-state index is 0.0475. The van der Waals surface area contributed by atoms with Crippen LogP contribution >= 0.6 is 7.60 Å². The van der Waals surface area contributed by atoms with Crippen molar-refractivity contribution in [3.63, 3.8) is 0 Å². The molecular formula is C97H150N9O22P. The van der Waals surface area contributed by atoms with Crippen LogP contribution in [0.2, 0.25) is 0 Å². The Kier molecular flexibility index (Phi) is 43.0. The van der Waals surface area contributed by atoms with Gasteiger partial charge in [-0.05, 0) is 330 Å². The third kappa shape index (κ3) is 38.3. The zero-order valence-electron chi connectivity index (χ0n) is 81.2. The van der Waals surface area contributed by atoms with E-state index in [9.17, 15) is 57.3 Å². The van der Waals surface area contributed by atoms with Crippen LogP contribution in [0.1, 0.15) is 262 Å². The molecule has 5 fully saturated rings. The number of carbonyl (C=O) groups is 11. The number of hydrogen-bond acceptors (Lipinski definition) is 23.